The summed E-state index contributed by atoms with van der Waals surface area (Å²) in [5.74, 6) is -0.504. The van der Waals surface area contributed by atoms with E-state index in [0.29, 0.717) is 50.0 Å². The van der Waals surface area contributed by atoms with Crippen LogP contribution in [0, 0.1) is 5.95 Å². The lowest BCUT2D eigenvalue weighted by Crippen LogP contribution is -2.34. The monoisotopic (exact) mass is 580 g/mol. The zero-order valence-corrected chi connectivity index (χ0v) is 25.1. The summed E-state index contributed by atoms with van der Waals surface area (Å²) < 4.78 is 49.0. The molecule has 0 spiro atoms. The third-order valence-corrected chi connectivity index (χ3v) is 9.23. The molecule has 41 heavy (non-hydrogen) atoms. The summed E-state index contributed by atoms with van der Waals surface area (Å²) in [5.41, 5.74) is 1.93. The molecule has 1 unspecified atom stereocenters. The highest BCUT2D eigenvalue weighted by Gasteiger charge is 2.22. The van der Waals surface area contributed by atoms with Crippen molar-refractivity contribution in [2.45, 2.75) is 57.1 Å². The summed E-state index contributed by atoms with van der Waals surface area (Å²) in [6, 6.07) is 19.9. The standard InChI is InChI=1S/C32H41FN4O3S/c1-4-12-28(5-2)35(3)19-21-40-22-20-36(23-26-13-11-18-34-32(26)33)24-27-25-37(31-17-10-9-16-30(27)31)41(38,39)29-14-7-6-8-15-29/h6-11,13-18,25,28H,4-5,12,19-24H2,1-3H3. The van der Waals surface area contributed by atoms with Crippen LogP contribution in [-0.2, 0) is 27.8 Å². The van der Waals surface area contributed by atoms with Gasteiger partial charge >= 0.3 is 0 Å². The molecule has 2 heterocycles. The van der Waals surface area contributed by atoms with E-state index in [1.54, 1.807) is 48.7 Å². The Morgan fingerprint density at radius 2 is 1.63 bits per heavy atom. The molecule has 0 radical (unpaired) electrons. The second-order valence-electron chi connectivity index (χ2n) is 10.4. The zero-order valence-electron chi connectivity index (χ0n) is 24.2. The van der Waals surface area contributed by atoms with Gasteiger partial charge in [-0.2, -0.15) is 4.39 Å². The summed E-state index contributed by atoms with van der Waals surface area (Å²) in [5, 5.41) is 0.840. The molecule has 9 heteroatoms. The van der Waals surface area contributed by atoms with E-state index < -0.39 is 16.0 Å². The quantitative estimate of drug-likeness (QED) is 0.121. The van der Waals surface area contributed by atoms with Crippen LogP contribution in [0.1, 0.15) is 44.2 Å². The molecule has 0 saturated carbocycles. The first-order chi connectivity index (χ1) is 19.8. The fraction of sp³-hybridized carbons (Fsp3) is 0.406. The molecule has 0 fully saturated rings. The van der Waals surface area contributed by atoms with E-state index in [1.165, 1.54) is 16.6 Å². The number of aromatic nitrogens is 2. The minimum Gasteiger partial charge on any atom is -0.379 e. The lowest BCUT2D eigenvalue weighted by molar-refractivity contribution is 0.0738. The van der Waals surface area contributed by atoms with Crippen molar-refractivity contribution in [1.82, 2.24) is 18.8 Å². The van der Waals surface area contributed by atoms with E-state index in [4.69, 9.17) is 4.74 Å². The van der Waals surface area contributed by atoms with Crippen molar-refractivity contribution in [3.05, 3.63) is 96.2 Å². The van der Waals surface area contributed by atoms with Crippen LogP contribution in [0.5, 0.6) is 0 Å². The Balaban J connectivity index is 1.53. The number of pyridine rings is 1. The van der Waals surface area contributed by atoms with Crippen LogP contribution in [0.15, 0.2) is 84.0 Å². The molecule has 0 saturated heterocycles. The molecule has 7 nitrogen and oxygen atoms in total. The summed E-state index contributed by atoms with van der Waals surface area (Å²) in [7, 11) is -1.65. The number of fused-ring (bicyclic) bond motifs is 1. The molecule has 2 aromatic carbocycles. The Bertz CT molecular complexity index is 1490. The van der Waals surface area contributed by atoms with Crippen LogP contribution in [0.4, 0.5) is 4.39 Å². The number of hydrogen-bond donors (Lipinski definition) is 0. The maximum absolute atomic E-state index is 14.5. The Hall–Kier alpha value is -3.11. The predicted molar refractivity (Wildman–Crippen MR) is 162 cm³/mol. The van der Waals surface area contributed by atoms with Gasteiger partial charge in [0.2, 0.25) is 5.95 Å². The molecule has 2 aromatic heterocycles. The summed E-state index contributed by atoms with van der Waals surface area (Å²) in [4.78, 5) is 8.48. The first-order valence-corrected chi connectivity index (χ1v) is 15.8. The van der Waals surface area contributed by atoms with E-state index in [2.05, 4.69) is 35.7 Å². The lowest BCUT2D eigenvalue weighted by Gasteiger charge is -2.27. The first-order valence-electron chi connectivity index (χ1n) is 14.3. The van der Waals surface area contributed by atoms with Gasteiger partial charge in [-0.1, -0.05) is 62.7 Å². The Morgan fingerprint density at radius 1 is 0.927 bits per heavy atom. The topological polar surface area (TPSA) is 67.7 Å². The summed E-state index contributed by atoms with van der Waals surface area (Å²) in [6.45, 7) is 7.65. The third kappa shape index (κ3) is 7.80. The van der Waals surface area contributed by atoms with Crippen LogP contribution in [0.3, 0.4) is 0 Å². The minimum atomic E-state index is -3.79. The Labute approximate surface area is 243 Å². The van der Waals surface area contributed by atoms with Crippen LogP contribution in [0.25, 0.3) is 10.9 Å². The Kier molecular flexibility index (Phi) is 11.0. The molecule has 4 aromatic rings. The van der Waals surface area contributed by atoms with Crippen LogP contribution < -0.4 is 0 Å². The highest BCUT2D eigenvalue weighted by Crippen LogP contribution is 2.27. The first kappa shape index (κ1) is 30.8. The van der Waals surface area contributed by atoms with E-state index in [0.717, 1.165) is 30.3 Å². The van der Waals surface area contributed by atoms with Gasteiger partial charge < -0.3 is 9.64 Å². The fourth-order valence-corrected chi connectivity index (χ4v) is 6.65. The average Bonchev–Trinajstić information content (AvgIpc) is 3.36. The summed E-state index contributed by atoms with van der Waals surface area (Å²) >= 11 is 0. The number of nitrogens with zero attached hydrogens (tertiary/aromatic N) is 4. The molecule has 0 N–H and O–H groups in total. The maximum Gasteiger partial charge on any atom is 0.268 e. The minimum absolute atomic E-state index is 0.226. The number of hydrogen-bond acceptors (Lipinski definition) is 6. The van der Waals surface area contributed by atoms with Crippen LogP contribution in [0.2, 0.25) is 0 Å². The van der Waals surface area contributed by atoms with E-state index in [-0.39, 0.29) is 4.90 Å². The molecule has 4 rings (SSSR count). The molecule has 1 atom stereocenters. The smallest absolute Gasteiger partial charge is 0.268 e. The second kappa shape index (κ2) is 14.7. The number of halogens is 1. The lowest BCUT2D eigenvalue weighted by atomic mass is 10.1. The largest absolute Gasteiger partial charge is 0.379 e. The van der Waals surface area contributed by atoms with Crippen molar-refractivity contribution in [3.8, 4) is 0 Å². The molecular weight excluding hydrogens is 539 g/mol. The molecule has 0 aliphatic carbocycles. The third-order valence-electron chi connectivity index (χ3n) is 7.54. The van der Waals surface area contributed by atoms with Crippen molar-refractivity contribution in [1.29, 1.82) is 0 Å². The van der Waals surface area contributed by atoms with Gasteiger partial charge in [0, 0.05) is 55.6 Å². The second-order valence-corrected chi connectivity index (χ2v) is 12.2. The molecular formula is C32H41FN4O3S. The SMILES string of the molecule is CCCC(CC)N(C)CCOCCN(Cc1cccnc1F)Cc1cn(S(=O)(=O)c2ccccc2)c2ccccc12. The molecule has 0 aliphatic rings. The van der Waals surface area contributed by atoms with Gasteiger partial charge in [0.05, 0.1) is 23.6 Å². The van der Waals surface area contributed by atoms with E-state index in [1.807, 2.05) is 24.3 Å². The van der Waals surface area contributed by atoms with Crippen molar-refractivity contribution in [2.24, 2.45) is 0 Å². The number of ether oxygens (including phenoxy) is 1. The molecule has 220 valence electrons. The Morgan fingerprint density at radius 3 is 2.37 bits per heavy atom. The highest BCUT2D eigenvalue weighted by atomic mass is 32.2. The van der Waals surface area contributed by atoms with Crippen molar-refractivity contribution < 1.29 is 17.5 Å². The molecule has 0 bridgehead atoms. The normalized spacial score (nSPS) is 12.9. The number of para-hydroxylation sites is 1. The number of likely N-dealkylation sites (N-methyl/N-ethyl adjacent to an activating group) is 1. The van der Waals surface area contributed by atoms with E-state index >= 15 is 0 Å². The maximum atomic E-state index is 14.5. The fourth-order valence-electron chi connectivity index (χ4n) is 5.24. The predicted octanol–water partition coefficient (Wildman–Crippen LogP) is 5.94. The van der Waals surface area contributed by atoms with Crippen molar-refractivity contribution >= 4 is 20.9 Å². The van der Waals surface area contributed by atoms with Gasteiger partial charge in [-0.05, 0) is 49.7 Å². The average molecular weight is 581 g/mol. The summed E-state index contributed by atoms with van der Waals surface area (Å²) in [6.07, 6.45) is 6.57. The number of rotatable bonds is 16. The van der Waals surface area contributed by atoms with Gasteiger partial charge in [0.25, 0.3) is 10.0 Å². The van der Waals surface area contributed by atoms with Crippen molar-refractivity contribution in [3.63, 3.8) is 0 Å². The molecule has 0 amide bonds. The van der Waals surface area contributed by atoms with Gasteiger partial charge in [-0.25, -0.2) is 17.4 Å². The highest BCUT2D eigenvalue weighted by molar-refractivity contribution is 7.90. The van der Waals surface area contributed by atoms with E-state index in [9.17, 15) is 12.8 Å². The van der Waals surface area contributed by atoms with Crippen LogP contribution in [-0.4, -0.2) is 66.6 Å². The number of benzene rings is 2. The van der Waals surface area contributed by atoms with Gasteiger partial charge in [-0.15, -0.1) is 0 Å². The van der Waals surface area contributed by atoms with Gasteiger partial charge in [0.1, 0.15) is 0 Å². The zero-order chi connectivity index (χ0) is 29.2. The van der Waals surface area contributed by atoms with Crippen LogP contribution >= 0.6 is 0 Å². The van der Waals surface area contributed by atoms with Crippen molar-refractivity contribution in [2.75, 3.05) is 33.4 Å². The van der Waals surface area contributed by atoms with Gasteiger partial charge in [-0.3, -0.25) is 4.90 Å². The molecule has 0 aliphatic heterocycles. The van der Waals surface area contributed by atoms with Gasteiger partial charge in [0.15, 0.2) is 0 Å².